The van der Waals surface area contributed by atoms with E-state index in [-0.39, 0.29) is 53.8 Å². The molecular formula is C38H43F3N4O4S. The van der Waals surface area contributed by atoms with Crippen molar-refractivity contribution in [1.82, 2.24) is 14.9 Å². The van der Waals surface area contributed by atoms with Crippen LogP contribution in [0.25, 0.3) is 11.3 Å². The van der Waals surface area contributed by atoms with Gasteiger partial charge in [-0.2, -0.15) is 18.2 Å². The van der Waals surface area contributed by atoms with Crippen LogP contribution in [0.15, 0.2) is 53.4 Å². The van der Waals surface area contributed by atoms with E-state index in [1.807, 2.05) is 32.0 Å². The van der Waals surface area contributed by atoms with Crippen LogP contribution in [-0.4, -0.2) is 60.5 Å². The highest BCUT2D eigenvalue weighted by Gasteiger charge is 2.63. The molecule has 2 aromatic carbocycles. The number of ketones is 1. The molecule has 266 valence electrons. The fourth-order valence-corrected chi connectivity index (χ4v) is 10.4. The second kappa shape index (κ2) is 12.0. The second-order valence-corrected chi connectivity index (χ2v) is 17.3. The zero-order valence-electron chi connectivity index (χ0n) is 28.4. The zero-order valence-corrected chi connectivity index (χ0v) is 29.2. The normalized spacial score (nSPS) is 26.9. The smallest absolute Gasteiger partial charge is 0.394 e. The number of carbonyl (C=O) groups excluding carboxylic acids is 1. The Morgan fingerprint density at radius 3 is 2.34 bits per heavy atom. The number of fused-ring (bicyclic) bond motifs is 5. The van der Waals surface area contributed by atoms with Gasteiger partial charge in [0, 0.05) is 48.2 Å². The van der Waals surface area contributed by atoms with Gasteiger partial charge in [0.05, 0.1) is 16.0 Å². The van der Waals surface area contributed by atoms with Crippen LogP contribution in [0.1, 0.15) is 85.7 Å². The van der Waals surface area contributed by atoms with Gasteiger partial charge < -0.3 is 4.74 Å². The van der Waals surface area contributed by atoms with Crippen molar-refractivity contribution in [3.8, 4) is 17.1 Å². The van der Waals surface area contributed by atoms with E-state index < -0.39 is 39.6 Å². The molecule has 3 saturated carbocycles. The first-order chi connectivity index (χ1) is 23.7. The van der Waals surface area contributed by atoms with Gasteiger partial charge in [0.25, 0.3) is 10.0 Å². The molecule has 5 aliphatic rings. The number of anilines is 1. The molecule has 1 saturated heterocycles. The summed E-state index contributed by atoms with van der Waals surface area (Å²) in [6.07, 6.45) is 2.22. The average molecular weight is 709 g/mol. The highest BCUT2D eigenvalue weighted by atomic mass is 32.2. The van der Waals surface area contributed by atoms with Crippen LogP contribution in [0.3, 0.4) is 0 Å². The van der Waals surface area contributed by atoms with Crippen molar-refractivity contribution in [2.24, 2.45) is 22.7 Å². The minimum absolute atomic E-state index is 0.0310. The number of alkyl halides is 3. The zero-order chi connectivity index (χ0) is 35.1. The van der Waals surface area contributed by atoms with Crippen molar-refractivity contribution in [3.63, 3.8) is 0 Å². The van der Waals surface area contributed by atoms with Gasteiger partial charge in [0.2, 0.25) is 11.8 Å². The molecule has 1 N–H and O–H groups in total. The molecule has 2 unspecified atom stereocenters. The van der Waals surface area contributed by atoms with Crippen LogP contribution in [-0.2, 0) is 10.0 Å². The maximum atomic E-state index is 14.5. The molecule has 0 radical (unpaired) electrons. The Hall–Kier alpha value is -3.51. The second-order valence-electron chi connectivity index (χ2n) is 15.6. The molecule has 4 fully saturated rings. The number of likely N-dealkylation sites (tertiary alicyclic amines) is 1. The van der Waals surface area contributed by atoms with E-state index >= 15 is 0 Å². The molecule has 3 aromatic rings. The van der Waals surface area contributed by atoms with Gasteiger partial charge in [-0.15, -0.1) is 0 Å². The van der Waals surface area contributed by atoms with Crippen LogP contribution in [0.4, 0.5) is 19.1 Å². The number of hydrogen-bond donors (Lipinski definition) is 1. The molecule has 3 aliphatic carbocycles. The lowest BCUT2D eigenvalue weighted by Crippen LogP contribution is -2.49. The van der Waals surface area contributed by atoms with Gasteiger partial charge in [-0.1, -0.05) is 43.2 Å². The van der Waals surface area contributed by atoms with Crippen molar-refractivity contribution in [2.75, 3.05) is 17.8 Å². The summed E-state index contributed by atoms with van der Waals surface area (Å²) >= 11 is 0. The van der Waals surface area contributed by atoms with Crippen LogP contribution in [0.5, 0.6) is 5.88 Å². The molecule has 1 aromatic heterocycles. The number of benzene rings is 2. The number of hydrogen-bond acceptors (Lipinski definition) is 7. The van der Waals surface area contributed by atoms with Crippen molar-refractivity contribution in [3.05, 3.63) is 65.2 Å². The highest BCUT2D eigenvalue weighted by Crippen LogP contribution is 2.61. The first kappa shape index (κ1) is 33.6. The molecule has 8 nitrogen and oxygen atoms in total. The van der Waals surface area contributed by atoms with E-state index in [0.717, 1.165) is 29.5 Å². The Labute approximate surface area is 291 Å². The number of Topliss-reactive ketones (excluding diaryl/α,β-unsaturated/α-hetero) is 1. The minimum atomic E-state index is -4.35. The number of aromatic nitrogens is 2. The molecule has 1 spiro atoms. The first-order valence-electron chi connectivity index (χ1n) is 17.9. The maximum Gasteiger partial charge on any atom is 0.394 e. The molecule has 3 heterocycles. The van der Waals surface area contributed by atoms with E-state index in [4.69, 9.17) is 4.74 Å². The number of rotatable bonds is 5. The predicted molar refractivity (Wildman–Crippen MR) is 182 cm³/mol. The summed E-state index contributed by atoms with van der Waals surface area (Å²) in [5.74, 6) is -1.60. The molecule has 12 heteroatoms. The van der Waals surface area contributed by atoms with Crippen molar-refractivity contribution in [1.29, 1.82) is 0 Å². The third-order valence-electron chi connectivity index (χ3n) is 12.5. The molecule has 50 heavy (non-hydrogen) atoms. The average Bonchev–Trinajstić information content (AvgIpc) is 3.50. The van der Waals surface area contributed by atoms with Crippen molar-refractivity contribution in [2.45, 2.75) is 101 Å². The van der Waals surface area contributed by atoms with Gasteiger partial charge >= 0.3 is 6.18 Å². The van der Waals surface area contributed by atoms with E-state index in [0.29, 0.717) is 30.2 Å². The summed E-state index contributed by atoms with van der Waals surface area (Å²) in [4.78, 5) is 25.9. The van der Waals surface area contributed by atoms with Crippen LogP contribution in [0.2, 0.25) is 0 Å². The Balaban J connectivity index is 1.22. The lowest BCUT2D eigenvalue weighted by Gasteiger charge is -2.49. The maximum absolute atomic E-state index is 14.5. The molecular weight excluding hydrogens is 666 g/mol. The lowest BCUT2D eigenvalue weighted by molar-refractivity contribution is -0.189. The van der Waals surface area contributed by atoms with Crippen molar-refractivity contribution >= 4 is 21.8 Å². The topological polar surface area (TPSA) is 101 Å². The van der Waals surface area contributed by atoms with E-state index in [1.165, 1.54) is 43.9 Å². The van der Waals surface area contributed by atoms with Crippen molar-refractivity contribution < 1.29 is 31.1 Å². The summed E-state index contributed by atoms with van der Waals surface area (Å²) in [6.45, 7) is 4.92. The standard InChI is InChI=1S/C38H43F3N4O4S/c1-23-7-5-8-24(2)33(23)30-18-32-43-35(42-30)44-50(47,48)27-10-6-9-25(17-27)34(46)28(11-14-37(15-16-37)38(39,40)41)29-21-45(22-31(29)49-32)26-19-36(20-26)12-3-4-13-36/h5-10,17-18,26,28-29,31H,3-4,11-16,19-22H2,1-2H3,(H,42,43,44)/t28?,29-,31?/m0/s1. The lowest BCUT2D eigenvalue weighted by atomic mass is 9.64. The molecule has 2 aliphatic heterocycles. The van der Waals surface area contributed by atoms with Gasteiger partial charge in [-0.25, -0.2) is 18.1 Å². The number of aryl methyl sites for hydroxylation is 2. The number of sulfonamides is 1. The van der Waals surface area contributed by atoms with Gasteiger partial charge in [-0.3, -0.25) is 9.69 Å². The minimum Gasteiger partial charge on any atom is -0.472 e. The van der Waals surface area contributed by atoms with E-state index in [1.54, 1.807) is 12.1 Å². The Morgan fingerprint density at radius 2 is 1.66 bits per heavy atom. The van der Waals surface area contributed by atoms with E-state index in [9.17, 15) is 26.4 Å². The van der Waals surface area contributed by atoms with Crippen LogP contribution in [0, 0.1) is 36.5 Å². The Kier molecular flexibility index (Phi) is 8.09. The summed E-state index contributed by atoms with van der Waals surface area (Å²) in [5.41, 5.74) is 1.95. The molecule has 0 amide bonds. The van der Waals surface area contributed by atoms with Crippen LogP contribution >= 0.6 is 0 Å². The summed E-state index contributed by atoms with van der Waals surface area (Å²) in [6, 6.07) is 13.6. The number of ether oxygens (including phenoxy) is 1. The summed E-state index contributed by atoms with van der Waals surface area (Å²) in [5, 5.41) is 0. The number of carbonyl (C=O) groups is 1. The number of halogens is 3. The van der Waals surface area contributed by atoms with Crippen LogP contribution < -0.4 is 9.46 Å². The molecule has 4 bridgehead atoms. The third-order valence-corrected chi connectivity index (χ3v) is 13.8. The van der Waals surface area contributed by atoms with Gasteiger partial charge in [0.1, 0.15) is 6.10 Å². The van der Waals surface area contributed by atoms with Gasteiger partial charge in [-0.05, 0) is 93.9 Å². The Morgan fingerprint density at radius 1 is 0.960 bits per heavy atom. The molecule has 3 atom stereocenters. The first-order valence-corrected chi connectivity index (χ1v) is 19.3. The summed E-state index contributed by atoms with van der Waals surface area (Å²) in [7, 11) is -4.25. The number of nitrogens with one attached hydrogen (secondary N) is 1. The summed E-state index contributed by atoms with van der Waals surface area (Å²) < 4.78 is 79.2. The van der Waals surface area contributed by atoms with E-state index in [2.05, 4.69) is 19.6 Å². The largest absolute Gasteiger partial charge is 0.472 e. The molecule has 8 rings (SSSR count). The van der Waals surface area contributed by atoms with Gasteiger partial charge in [0.15, 0.2) is 5.78 Å². The predicted octanol–water partition coefficient (Wildman–Crippen LogP) is 7.90. The SMILES string of the molecule is Cc1cccc(C)c1-c1cc2nc(n1)NS(=O)(=O)c1cccc(c1)C(=O)C(CCC1(C(F)(F)F)CC1)[C@@H]1CN(C3CC4(CCCC4)C3)CC1O2. The quantitative estimate of drug-likeness (QED) is 0.288. The Bertz CT molecular complexity index is 1910. The fourth-order valence-electron chi connectivity index (χ4n) is 9.41. The highest BCUT2D eigenvalue weighted by molar-refractivity contribution is 7.92. The monoisotopic (exact) mass is 708 g/mol. The number of nitrogens with zero attached hydrogens (tertiary/aromatic N) is 3. The fraction of sp³-hybridized carbons (Fsp3) is 0.553. The third kappa shape index (κ3) is 5.99.